The van der Waals surface area contributed by atoms with Crippen molar-refractivity contribution in [2.75, 3.05) is 0 Å². The van der Waals surface area contributed by atoms with Gasteiger partial charge in [0, 0.05) is 17.1 Å². The normalized spacial score (nSPS) is 11.0. The summed E-state index contributed by atoms with van der Waals surface area (Å²) in [5, 5.41) is 1.52. The Balaban J connectivity index is 2.13. The van der Waals surface area contributed by atoms with Crippen LogP contribution in [0.15, 0.2) is 41.0 Å². The van der Waals surface area contributed by atoms with E-state index in [2.05, 4.69) is 37.8 Å². The van der Waals surface area contributed by atoms with E-state index in [0.29, 0.717) is 11.0 Å². The van der Waals surface area contributed by atoms with Crippen molar-refractivity contribution in [3.63, 3.8) is 0 Å². The van der Waals surface area contributed by atoms with Crippen LogP contribution in [0.1, 0.15) is 19.0 Å². The number of benzene rings is 1. The third kappa shape index (κ3) is 2.92. The first-order chi connectivity index (χ1) is 10.2. The number of hydrogen-bond donors (Lipinski definition) is 0. The number of rotatable bonds is 3. The summed E-state index contributed by atoms with van der Waals surface area (Å²) in [6, 6.07) is 9.94. The van der Waals surface area contributed by atoms with Crippen molar-refractivity contribution >= 4 is 38.4 Å². The molecule has 0 aliphatic rings. The maximum atomic E-state index is 6.21. The van der Waals surface area contributed by atoms with E-state index in [9.17, 15) is 0 Å². The molecule has 0 N–H and O–H groups in total. The first-order valence-corrected chi connectivity index (χ1v) is 7.93. The van der Waals surface area contributed by atoms with E-state index in [1.165, 1.54) is 0 Å². The monoisotopic (exact) mass is 361 g/mol. The fourth-order valence-electron chi connectivity index (χ4n) is 2.21. The zero-order chi connectivity index (χ0) is 14.8. The minimum Gasteiger partial charge on any atom is -0.256 e. The number of aromatic nitrogens is 3. The van der Waals surface area contributed by atoms with Crippen molar-refractivity contribution in [3.05, 3.63) is 51.8 Å². The van der Waals surface area contributed by atoms with E-state index in [1.54, 1.807) is 6.20 Å². The van der Waals surface area contributed by atoms with Crippen molar-refractivity contribution in [1.82, 2.24) is 15.0 Å². The highest BCUT2D eigenvalue weighted by atomic mass is 79.9. The average Bonchev–Trinajstić information content (AvgIpc) is 2.51. The molecule has 106 valence electrons. The molecule has 0 amide bonds. The van der Waals surface area contributed by atoms with Crippen molar-refractivity contribution in [3.8, 4) is 11.4 Å². The van der Waals surface area contributed by atoms with Crippen LogP contribution >= 0.6 is 27.5 Å². The highest BCUT2D eigenvalue weighted by Crippen LogP contribution is 2.28. The van der Waals surface area contributed by atoms with Crippen LogP contribution in [-0.4, -0.2) is 15.0 Å². The van der Waals surface area contributed by atoms with Gasteiger partial charge in [-0.15, -0.1) is 0 Å². The van der Waals surface area contributed by atoms with E-state index in [1.807, 2.05) is 30.3 Å². The lowest BCUT2D eigenvalue weighted by Crippen LogP contribution is -1.98. The zero-order valence-electron chi connectivity index (χ0n) is 11.5. The molecule has 3 aromatic rings. The Morgan fingerprint density at radius 2 is 2.05 bits per heavy atom. The SMILES string of the molecule is CCCc1nc(-c2ccc3ncccc3c2)nc(Cl)c1Br. The van der Waals surface area contributed by atoms with Gasteiger partial charge in [-0.25, -0.2) is 9.97 Å². The van der Waals surface area contributed by atoms with Gasteiger partial charge >= 0.3 is 0 Å². The van der Waals surface area contributed by atoms with E-state index < -0.39 is 0 Å². The molecule has 0 saturated heterocycles. The van der Waals surface area contributed by atoms with Crippen molar-refractivity contribution < 1.29 is 0 Å². The van der Waals surface area contributed by atoms with Gasteiger partial charge in [0.2, 0.25) is 0 Å². The molecule has 0 unspecified atom stereocenters. The third-order valence-corrected chi connectivity index (χ3v) is 4.56. The molecule has 0 saturated carbocycles. The highest BCUT2D eigenvalue weighted by molar-refractivity contribution is 9.10. The zero-order valence-corrected chi connectivity index (χ0v) is 13.8. The van der Waals surface area contributed by atoms with E-state index >= 15 is 0 Å². The summed E-state index contributed by atoms with van der Waals surface area (Å²) >= 11 is 9.67. The standard InChI is InChI=1S/C16H13BrClN3/c1-2-4-13-14(17)15(18)21-16(20-13)11-6-7-12-10(9-11)5-3-8-19-12/h3,5-9H,2,4H2,1H3. The van der Waals surface area contributed by atoms with Crippen molar-refractivity contribution in [2.45, 2.75) is 19.8 Å². The molecule has 0 radical (unpaired) electrons. The van der Waals surface area contributed by atoms with Gasteiger partial charge in [-0.05, 0) is 46.6 Å². The van der Waals surface area contributed by atoms with Crippen LogP contribution in [0.4, 0.5) is 0 Å². The predicted octanol–water partition coefficient (Wildman–Crippen LogP) is 5.06. The molecule has 3 nitrogen and oxygen atoms in total. The molecule has 0 aliphatic carbocycles. The molecular formula is C16H13BrClN3. The third-order valence-electron chi connectivity index (χ3n) is 3.23. The summed E-state index contributed by atoms with van der Waals surface area (Å²) in [6.45, 7) is 2.11. The Morgan fingerprint density at radius 3 is 2.86 bits per heavy atom. The molecule has 1 aromatic carbocycles. The minimum atomic E-state index is 0.453. The van der Waals surface area contributed by atoms with Crippen LogP contribution < -0.4 is 0 Å². The van der Waals surface area contributed by atoms with Gasteiger partial charge in [0.05, 0.1) is 15.7 Å². The first kappa shape index (κ1) is 14.4. The molecule has 3 rings (SSSR count). The maximum absolute atomic E-state index is 6.21. The second-order valence-electron chi connectivity index (χ2n) is 4.76. The Labute approximate surface area is 136 Å². The lowest BCUT2D eigenvalue weighted by Gasteiger charge is -2.08. The lowest BCUT2D eigenvalue weighted by atomic mass is 10.1. The molecule has 0 spiro atoms. The topological polar surface area (TPSA) is 38.7 Å². The van der Waals surface area contributed by atoms with Gasteiger partial charge in [0.1, 0.15) is 5.15 Å². The largest absolute Gasteiger partial charge is 0.256 e. The van der Waals surface area contributed by atoms with Gasteiger partial charge in [0.25, 0.3) is 0 Å². The van der Waals surface area contributed by atoms with Gasteiger partial charge in [-0.1, -0.05) is 31.0 Å². The molecule has 21 heavy (non-hydrogen) atoms. The summed E-state index contributed by atoms with van der Waals surface area (Å²) in [5.74, 6) is 0.650. The molecular weight excluding hydrogens is 350 g/mol. The predicted molar refractivity (Wildman–Crippen MR) is 89.5 cm³/mol. The van der Waals surface area contributed by atoms with Gasteiger partial charge in [-0.3, -0.25) is 4.98 Å². The van der Waals surface area contributed by atoms with Gasteiger partial charge < -0.3 is 0 Å². The summed E-state index contributed by atoms with van der Waals surface area (Å²) in [5.41, 5.74) is 2.85. The number of pyridine rings is 1. The Hall–Kier alpha value is -1.52. The number of fused-ring (bicyclic) bond motifs is 1. The van der Waals surface area contributed by atoms with E-state index in [-0.39, 0.29) is 0 Å². The second kappa shape index (κ2) is 6.08. The highest BCUT2D eigenvalue weighted by Gasteiger charge is 2.12. The maximum Gasteiger partial charge on any atom is 0.161 e. The first-order valence-electron chi connectivity index (χ1n) is 6.76. The van der Waals surface area contributed by atoms with E-state index in [4.69, 9.17) is 11.6 Å². The molecule has 2 aromatic heterocycles. The molecule has 0 bridgehead atoms. The quantitative estimate of drug-likeness (QED) is 0.611. The van der Waals surface area contributed by atoms with Crippen LogP contribution in [-0.2, 0) is 6.42 Å². The molecule has 0 aliphatic heterocycles. The van der Waals surface area contributed by atoms with Crippen LogP contribution in [0.2, 0.25) is 5.15 Å². The van der Waals surface area contributed by atoms with Crippen molar-refractivity contribution in [2.24, 2.45) is 0 Å². The van der Waals surface area contributed by atoms with Crippen LogP contribution in [0, 0.1) is 0 Å². The molecule has 0 atom stereocenters. The fourth-order valence-corrected chi connectivity index (χ4v) is 2.77. The van der Waals surface area contributed by atoms with Gasteiger partial charge in [0.15, 0.2) is 5.82 Å². The Kier molecular flexibility index (Phi) is 4.17. The van der Waals surface area contributed by atoms with Crippen LogP contribution in [0.5, 0.6) is 0 Å². The molecule has 5 heteroatoms. The summed E-state index contributed by atoms with van der Waals surface area (Å²) in [6.07, 6.45) is 3.66. The summed E-state index contributed by atoms with van der Waals surface area (Å²) < 4.78 is 0.789. The van der Waals surface area contributed by atoms with Crippen LogP contribution in [0.3, 0.4) is 0 Å². The number of hydrogen-bond acceptors (Lipinski definition) is 3. The van der Waals surface area contributed by atoms with Gasteiger partial charge in [-0.2, -0.15) is 0 Å². The summed E-state index contributed by atoms with van der Waals surface area (Å²) in [7, 11) is 0. The molecule has 0 fully saturated rings. The number of nitrogens with zero attached hydrogens (tertiary/aromatic N) is 3. The van der Waals surface area contributed by atoms with Crippen molar-refractivity contribution in [1.29, 1.82) is 0 Å². The van der Waals surface area contributed by atoms with Crippen LogP contribution in [0.25, 0.3) is 22.3 Å². The summed E-state index contributed by atoms with van der Waals surface area (Å²) in [4.78, 5) is 13.3. The smallest absolute Gasteiger partial charge is 0.161 e. The molecule has 2 heterocycles. The average molecular weight is 363 g/mol. The van der Waals surface area contributed by atoms with E-state index in [0.717, 1.165) is 39.5 Å². The number of halogens is 2. The number of aryl methyl sites for hydroxylation is 1. The Morgan fingerprint density at radius 1 is 1.19 bits per heavy atom. The second-order valence-corrected chi connectivity index (χ2v) is 5.91. The Bertz CT molecular complexity index is 805. The lowest BCUT2D eigenvalue weighted by molar-refractivity contribution is 0.868. The fraction of sp³-hybridized carbons (Fsp3) is 0.188. The minimum absolute atomic E-state index is 0.453.